The van der Waals surface area contributed by atoms with E-state index >= 15 is 0 Å². The quantitative estimate of drug-likeness (QED) is 0.135. The molecule has 1 heterocycles. The fourth-order valence-corrected chi connectivity index (χ4v) is 8.08. The van der Waals surface area contributed by atoms with Crippen molar-refractivity contribution in [3.05, 3.63) is 0 Å². The molecule has 0 saturated carbocycles. The Morgan fingerprint density at radius 1 is 1.50 bits per heavy atom. The molecule has 1 aliphatic heterocycles. The molecule has 0 spiro atoms. The minimum atomic E-state index is -0.766. The zero-order valence-corrected chi connectivity index (χ0v) is 20.4. The van der Waals surface area contributed by atoms with Crippen molar-refractivity contribution in [2.45, 2.75) is 67.8 Å². The second kappa shape index (κ2) is 10.5. The van der Waals surface area contributed by atoms with Gasteiger partial charge in [0.05, 0.1) is 0 Å². The number of carboxylic acids is 1. The van der Waals surface area contributed by atoms with Crippen LogP contribution in [0.4, 0.5) is 0 Å². The van der Waals surface area contributed by atoms with Crippen molar-refractivity contribution in [1.82, 2.24) is 4.72 Å². The number of alkyl halides is 2. The first-order valence-electron chi connectivity index (χ1n) is 9.02. The number of hydrogen-bond acceptors (Lipinski definition) is 5. The minimum absolute atomic E-state index is 0.179. The molecule has 1 rings (SSSR count). The van der Waals surface area contributed by atoms with Gasteiger partial charge in [-0.3, -0.25) is 0 Å². The van der Waals surface area contributed by atoms with Crippen LogP contribution in [0.2, 0.25) is 0 Å². The monoisotopic (exact) mass is 513 g/mol. The summed E-state index contributed by atoms with van der Waals surface area (Å²) in [4.78, 5) is 11.6. The maximum atomic E-state index is 11.6. The van der Waals surface area contributed by atoms with Crippen LogP contribution in [-0.4, -0.2) is 41.2 Å². The third kappa shape index (κ3) is 6.57. The van der Waals surface area contributed by atoms with Gasteiger partial charge in [-0.1, -0.05) is 0 Å². The molecule has 2 N–H and O–H groups in total. The van der Waals surface area contributed by atoms with Crippen LogP contribution < -0.4 is 25.9 Å². The van der Waals surface area contributed by atoms with Gasteiger partial charge in [-0.15, -0.1) is 0 Å². The Morgan fingerprint density at radius 3 is 2.58 bits per heavy atom. The van der Waals surface area contributed by atoms with Gasteiger partial charge in [0.15, 0.2) is 0 Å². The number of nitrogens with one attached hydrogen (secondary N) is 1. The van der Waals surface area contributed by atoms with Crippen LogP contribution in [0.1, 0.15) is 54.4 Å². The van der Waals surface area contributed by atoms with Gasteiger partial charge < -0.3 is 0 Å². The molecule has 4 atom stereocenters. The van der Waals surface area contributed by atoms with E-state index in [0.717, 1.165) is 41.3 Å². The number of rotatable bonds is 11. The van der Waals surface area contributed by atoms with Crippen LogP contribution in [-0.2, 0) is 16.6 Å². The third-order valence-corrected chi connectivity index (χ3v) is 11.8. The van der Waals surface area contributed by atoms with Crippen molar-refractivity contribution in [1.29, 1.82) is 5.26 Å². The first-order valence-corrected chi connectivity index (χ1v) is 13.4. The van der Waals surface area contributed by atoms with Gasteiger partial charge in [0, 0.05) is 0 Å². The summed E-state index contributed by atoms with van der Waals surface area (Å²) in [7, 11) is 0. The van der Waals surface area contributed by atoms with E-state index in [2.05, 4.69) is 42.9 Å². The van der Waals surface area contributed by atoms with E-state index in [-0.39, 0.29) is 35.8 Å². The van der Waals surface area contributed by atoms with Crippen LogP contribution in [0.25, 0.3) is 0 Å². The molecule has 0 bridgehead atoms. The molecule has 0 saturated heterocycles. The average Bonchev–Trinajstić information content (AvgIpc) is 3.12. The molecule has 1 aliphatic rings. The standard InChI is InChI=1S/C18H31IN3O2S2/c1-7-14(25-17(4,5)16(23)24)15(13-10-21-26-22-13)12(3)9-19-18(6,8-2)11-20/h12,14-15,21H,7-10H2,1-6H3,(H,23,24)/q-1/p+1/t12-,14+,15-,18+/m1/s1. The summed E-state index contributed by atoms with van der Waals surface area (Å²) in [5, 5.41) is 19.3. The van der Waals surface area contributed by atoms with Crippen molar-refractivity contribution in [2.75, 3.05) is 11.0 Å². The Morgan fingerprint density at radius 2 is 2.15 bits per heavy atom. The number of nitriles is 1. The molecule has 0 radical (unpaired) electrons. The zero-order chi connectivity index (χ0) is 20.0. The predicted octanol–water partition coefficient (Wildman–Crippen LogP) is 0.0841. The molecule has 8 heteroatoms. The van der Waals surface area contributed by atoms with E-state index in [1.807, 2.05) is 13.8 Å². The Kier molecular flexibility index (Phi) is 9.75. The molecule has 0 fully saturated rings. The second-order valence-electron chi connectivity index (χ2n) is 7.42. The van der Waals surface area contributed by atoms with Crippen molar-refractivity contribution in [2.24, 2.45) is 16.2 Å². The maximum absolute atomic E-state index is 11.6. The predicted molar refractivity (Wildman–Crippen MR) is 109 cm³/mol. The first-order chi connectivity index (χ1) is 12.1. The van der Waals surface area contributed by atoms with E-state index in [1.165, 1.54) is 12.1 Å². The van der Waals surface area contributed by atoms with Crippen LogP contribution in [0.15, 0.2) is 4.40 Å². The Balaban J connectivity index is 2.99. The summed E-state index contributed by atoms with van der Waals surface area (Å²) in [5.41, 5.74) is 1.15. The molecular weight excluding hydrogens is 481 g/mol. The summed E-state index contributed by atoms with van der Waals surface area (Å²) >= 11 is 2.09. The summed E-state index contributed by atoms with van der Waals surface area (Å²) < 4.78 is 7.94. The zero-order valence-electron chi connectivity index (χ0n) is 16.5. The Hall–Kier alpha value is 0.0200. The molecule has 0 aliphatic carbocycles. The van der Waals surface area contributed by atoms with Gasteiger partial charge in [-0.25, -0.2) is 0 Å². The van der Waals surface area contributed by atoms with Gasteiger partial charge in [-0.2, -0.15) is 0 Å². The molecule has 26 heavy (non-hydrogen) atoms. The third-order valence-electron chi connectivity index (χ3n) is 4.84. The fourth-order valence-electron chi connectivity index (χ4n) is 2.82. The molecule has 0 aromatic heterocycles. The number of aliphatic carboxylic acids is 1. The SMILES string of the molecule is CC[C@H]([SH+]C(C)(C)C(=O)O)[C@@H](C1=NSNC1)[C@H](C)C[I-][C@](C)(C#N)CC. The van der Waals surface area contributed by atoms with E-state index < -0.39 is 10.7 Å². The molecule has 0 amide bonds. The number of halogens is 1. The molecule has 0 unspecified atom stereocenters. The molecular formula is C18H32IN3O2S2. The van der Waals surface area contributed by atoms with Crippen LogP contribution in [0.5, 0.6) is 0 Å². The normalized spacial score (nSPS) is 20.7. The van der Waals surface area contributed by atoms with Gasteiger partial charge in [0.25, 0.3) is 0 Å². The number of carbonyl (C=O) groups is 1. The number of thiol groups is 1. The van der Waals surface area contributed by atoms with Crippen LogP contribution >= 0.6 is 12.1 Å². The van der Waals surface area contributed by atoms with E-state index in [1.54, 1.807) is 0 Å². The Labute approximate surface area is 177 Å². The number of hydrogen-bond donors (Lipinski definition) is 2. The van der Waals surface area contributed by atoms with Crippen molar-refractivity contribution in [3.63, 3.8) is 0 Å². The van der Waals surface area contributed by atoms with Gasteiger partial charge in [-0.05, 0) is 0 Å². The Bertz CT molecular complexity index is 565. The topological polar surface area (TPSA) is 85.5 Å². The van der Waals surface area contributed by atoms with Gasteiger partial charge in [0.1, 0.15) is 0 Å². The summed E-state index contributed by atoms with van der Waals surface area (Å²) in [6, 6.07) is 2.51. The van der Waals surface area contributed by atoms with Gasteiger partial charge >= 0.3 is 178 Å². The van der Waals surface area contributed by atoms with Crippen molar-refractivity contribution < 1.29 is 31.1 Å². The van der Waals surface area contributed by atoms with Crippen molar-refractivity contribution in [3.8, 4) is 6.07 Å². The van der Waals surface area contributed by atoms with Gasteiger partial charge in [0.2, 0.25) is 0 Å². The van der Waals surface area contributed by atoms with Crippen LogP contribution in [0, 0.1) is 23.2 Å². The van der Waals surface area contributed by atoms with Crippen molar-refractivity contribution >= 4 is 35.6 Å². The number of nitrogens with zero attached hydrogens (tertiary/aromatic N) is 2. The first kappa shape index (κ1) is 24.1. The van der Waals surface area contributed by atoms with E-state index in [4.69, 9.17) is 0 Å². The average molecular weight is 514 g/mol. The number of carboxylic acid groups (broad SMARTS) is 1. The molecule has 0 aromatic carbocycles. The molecule has 150 valence electrons. The molecule has 5 nitrogen and oxygen atoms in total. The summed E-state index contributed by atoms with van der Waals surface area (Å²) in [6.07, 6.45) is 1.83. The second-order valence-corrected chi connectivity index (χ2v) is 14.1. The van der Waals surface area contributed by atoms with Crippen LogP contribution in [0.3, 0.4) is 0 Å². The summed E-state index contributed by atoms with van der Waals surface area (Å²) in [5.74, 6) is -0.0778. The molecule has 0 aromatic rings. The summed E-state index contributed by atoms with van der Waals surface area (Å²) in [6.45, 7) is 13.0. The fraction of sp³-hybridized carbons (Fsp3) is 0.833. The van der Waals surface area contributed by atoms with E-state index in [9.17, 15) is 15.2 Å². The van der Waals surface area contributed by atoms with E-state index in [0.29, 0.717) is 5.92 Å².